The molecule has 6 heteroatoms. The summed E-state index contributed by atoms with van der Waals surface area (Å²) in [6, 6.07) is 5.22. The highest BCUT2D eigenvalue weighted by Gasteiger charge is 2.20. The monoisotopic (exact) mass is 251 g/mol. The topological polar surface area (TPSA) is 83.6 Å². The number of nitrogens with zero attached hydrogens (tertiary/aromatic N) is 1. The number of rotatable bonds is 4. The van der Waals surface area contributed by atoms with Gasteiger partial charge in [0.1, 0.15) is 5.82 Å². The van der Waals surface area contributed by atoms with E-state index in [9.17, 15) is 9.18 Å². The Kier molecular flexibility index (Phi) is 3.38. The number of aliphatic hydroxyl groups excluding tert-OH is 1. The van der Waals surface area contributed by atoms with E-state index in [0.717, 1.165) is 0 Å². The van der Waals surface area contributed by atoms with Crippen LogP contribution in [0.3, 0.4) is 0 Å². The van der Waals surface area contributed by atoms with Crippen molar-refractivity contribution in [1.29, 1.82) is 0 Å². The molecule has 0 fully saturated rings. The van der Waals surface area contributed by atoms with Crippen molar-refractivity contribution in [1.82, 2.24) is 4.98 Å². The lowest BCUT2D eigenvalue weighted by Gasteiger charge is -1.97. The normalized spacial score (nSPS) is 10.6. The quantitative estimate of drug-likeness (QED) is 0.864. The predicted octanol–water partition coefficient (Wildman–Crippen LogP) is 1.71. The van der Waals surface area contributed by atoms with E-state index in [2.05, 4.69) is 4.98 Å². The number of carbonyl (C=O) groups is 1. The summed E-state index contributed by atoms with van der Waals surface area (Å²) in [6.45, 7) is -0.192. The second kappa shape index (κ2) is 4.97. The molecule has 0 amide bonds. The lowest BCUT2D eigenvalue weighted by atomic mass is 10.1. The van der Waals surface area contributed by atoms with Crippen LogP contribution in [0, 0.1) is 5.82 Å². The maximum atomic E-state index is 12.8. The highest BCUT2D eigenvalue weighted by molar-refractivity contribution is 5.92. The molecule has 0 aliphatic rings. The minimum absolute atomic E-state index is 0.0611. The largest absolute Gasteiger partial charge is 0.476 e. The predicted molar refractivity (Wildman–Crippen MR) is 59.6 cm³/mol. The molecule has 0 saturated heterocycles. The molecule has 18 heavy (non-hydrogen) atoms. The summed E-state index contributed by atoms with van der Waals surface area (Å²) in [5, 5.41) is 17.8. The smallest absolute Gasteiger partial charge is 0.358 e. The summed E-state index contributed by atoms with van der Waals surface area (Å²) in [7, 11) is 0. The van der Waals surface area contributed by atoms with Crippen LogP contribution >= 0.6 is 0 Å². The first-order chi connectivity index (χ1) is 8.61. The van der Waals surface area contributed by atoms with Crippen LogP contribution in [0.2, 0.25) is 0 Å². The van der Waals surface area contributed by atoms with Crippen molar-refractivity contribution in [2.24, 2.45) is 0 Å². The Labute approximate surface area is 102 Å². The zero-order valence-electron chi connectivity index (χ0n) is 9.26. The standard InChI is InChI=1S/C12H10FNO4/c13-8-3-1-7(2-4-8)11-10(12(16)17)14-9(18-11)5-6-15/h1-4,15H,5-6H2,(H,16,17). The van der Waals surface area contributed by atoms with Gasteiger partial charge in [-0.3, -0.25) is 0 Å². The van der Waals surface area contributed by atoms with E-state index < -0.39 is 11.8 Å². The van der Waals surface area contributed by atoms with Gasteiger partial charge in [0.05, 0.1) is 6.61 Å². The van der Waals surface area contributed by atoms with Gasteiger partial charge in [-0.1, -0.05) is 0 Å². The molecule has 2 N–H and O–H groups in total. The van der Waals surface area contributed by atoms with Gasteiger partial charge in [0, 0.05) is 12.0 Å². The number of oxazole rings is 1. The maximum absolute atomic E-state index is 12.8. The fourth-order valence-corrected chi connectivity index (χ4v) is 1.51. The lowest BCUT2D eigenvalue weighted by Crippen LogP contribution is -1.99. The summed E-state index contributed by atoms with van der Waals surface area (Å²) in [5.41, 5.74) is 0.176. The fraction of sp³-hybridized carbons (Fsp3) is 0.167. The molecule has 1 aromatic heterocycles. The van der Waals surface area contributed by atoms with Crippen molar-refractivity contribution < 1.29 is 23.8 Å². The van der Waals surface area contributed by atoms with Crippen molar-refractivity contribution in [3.63, 3.8) is 0 Å². The molecule has 0 unspecified atom stereocenters. The van der Waals surface area contributed by atoms with Crippen LogP contribution in [0.25, 0.3) is 11.3 Å². The zero-order chi connectivity index (χ0) is 13.1. The SMILES string of the molecule is O=C(O)c1nc(CCO)oc1-c1ccc(F)cc1. The van der Waals surface area contributed by atoms with Crippen LogP contribution < -0.4 is 0 Å². The van der Waals surface area contributed by atoms with Gasteiger partial charge in [0.15, 0.2) is 17.3 Å². The number of hydrogen-bond donors (Lipinski definition) is 2. The first-order valence-corrected chi connectivity index (χ1v) is 5.21. The molecular weight excluding hydrogens is 241 g/mol. The average molecular weight is 251 g/mol. The van der Waals surface area contributed by atoms with E-state index >= 15 is 0 Å². The molecule has 0 aliphatic carbocycles. The summed E-state index contributed by atoms with van der Waals surface area (Å²) >= 11 is 0. The Balaban J connectivity index is 2.47. The highest BCUT2D eigenvalue weighted by atomic mass is 19.1. The van der Waals surface area contributed by atoms with Crippen molar-refractivity contribution in [3.8, 4) is 11.3 Å². The van der Waals surface area contributed by atoms with Gasteiger partial charge in [0.2, 0.25) is 0 Å². The number of hydrogen-bond acceptors (Lipinski definition) is 4. The van der Waals surface area contributed by atoms with E-state index in [0.29, 0.717) is 5.56 Å². The third-order valence-electron chi connectivity index (χ3n) is 2.31. The van der Waals surface area contributed by atoms with Crippen LogP contribution in [-0.4, -0.2) is 27.8 Å². The molecule has 94 valence electrons. The van der Waals surface area contributed by atoms with Gasteiger partial charge in [-0.25, -0.2) is 14.2 Å². The van der Waals surface area contributed by atoms with Crippen LogP contribution in [0.4, 0.5) is 4.39 Å². The van der Waals surface area contributed by atoms with Gasteiger partial charge in [-0.2, -0.15) is 0 Å². The van der Waals surface area contributed by atoms with E-state index in [1.807, 2.05) is 0 Å². The van der Waals surface area contributed by atoms with Gasteiger partial charge in [-0.05, 0) is 24.3 Å². The molecule has 5 nitrogen and oxygen atoms in total. The Hall–Kier alpha value is -2.21. The Bertz CT molecular complexity index is 562. The number of benzene rings is 1. The van der Waals surface area contributed by atoms with E-state index in [-0.39, 0.29) is 30.4 Å². The highest BCUT2D eigenvalue weighted by Crippen LogP contribution is 2.25. The first-order valence-electron chi connectivity index (χ1n) is 5.21. The molecule has 0 saturated carbocycles. The number of aromatic carboxylic acids is 1. The molecule has 2 aromatic rings. The van der Waals surface area contributed by atoms with Crippen LogP contribution in [0.1, 0.15) is 16.4 Å². The van der Waals surface area contributed by atoms with Crippen LogP contribution in [0.5, 0.6) is 0 Å². The van der Waals surface area contributed by atoms with Crippen LogP contribution in [0.15, 0.2) is 28.7 Å². The molecule has 0 radical (unpaired) electrons. The number of aliphatic hydroxyl groups is 1. The summed E-state index contributed by atoms with van der Waals surface area (Å²) in [6.07, 6.45) is 0.126. The Morgan fingerprint density at radius 1 is 1.33 bits per heavy atom. The Morgan fingerprint density at radius 3 is 2.56 bits per heavy atom. The van der Waals surface area contributed by atoms with Gasteiger partial charge < -0.3 is 14.6 Å². The second-order valence-electron chi connectivity index (χ2n) is 3.57. The van der Waals surface area contributed by atoms with Crippen molar-refractivity contribution >= 4 is 5.97 Å². The van der Waals surface area contributed by atoms with E-state index in [1.54, 1.807) is 0 Å². The molecule has 1 heterocycles. The van der Waals surface area contributed by atoms with Gasteiger partial charge >= 0.3 is 5.97 Å². The summed E-state index contributed by atoms with van der Waals surface area (Å²) in [4.78, 5) is 14.8. The maximum Gasteiger partial charge on any atom is 0.358 e. The second-order valence-corrected chi connectivity index (χ2v) is 3.57. The molecule has 0 bridgehead atoms. The Morgan fingerprint density at radius 2 is 2.00 bits per heavy atom. The molecule has 0 atom stereocenters. The zero-order valence-corrected chi connectivity index (χ0v) is 9.26. The fourth-order valence-electron chi connectivity index (χ4n) is 1.51. The number of aromatic nitrogens is 1. The van der Waals surface area contributed by atoms with Crippen LogP contribution in [-0.2, 0) is 6.42 Å². The minimum Gasteiger partial charge on any atom is -0.476 e. The third kappa shape index (κ3) is 2.38. The molecule has 2 rings (SSSR count). The van der Waals surface area contributed by atoms with Gasteiger partial charge in [0.25, 0.3) is 0 Å². The number of carboxylic acids is 1. The molecule has 0 aliphatic heterocycles. The van der Waals surface area contributed by atoms with E-state index in [1.165, 1.54) is 24.3 Å². The third-order valence-corrected chi connectivity index (χ3v) is 2.31. The van der Waals surface area contributed by atoms with Crippen molar-refractivity contribution in [2.45, 2.75) is 6.42 Å². The average Bonchev–Trinajstić information content (AvgIpc) is 2.75. The summed E-state index contributed by atoms with van der Waals surface area (Å²) < 4.78 is 18.1. The summed E-state index contributed by atoms with van der Waals surface area (Å²) in [5.74, 6) is -1.46. The van der Waals surface area contributed by atoms with E-state index in [4.69, 9.17) is 14.6 Å². The minimum atomic E-state index is -1.23. The molecule has 0 spiro atoms. The van der Waals surface area contributed by atoms with Crippen molar-refractivity contribution in [3.05, 3.63) is 41.7 Å². The number of carboxylic acid groups (broad SMARTS) is 1. The molecular formula is C12H10FNO4. The van der Waals surface area contributed by atoms with Crippen molar-refractivity contribution in [2.75, 3.05) is 6.61 Å². The lowest BCUT2D eigenvalue weighted by molar-refractivity contribution is 0.0691. The molecule has 1 aromatic carbocycles. The number of halogens is 1. The first kappa shape index (κ1) is 12.3. The van der Waals surface area contributed by atoms with Gasteiger partial charge in [-0.15, -0.1) is 0 Å².